The van der Waals surface area contributed by atoms with Crippen molar-refractivity contribution < 1.29 is 14.6 Å². The third-order valence-corrected chi connectivity index (χ3v) is 3.60. The summed E-state index contributed by atoms with van der Waals surface area (Å²) in [6, 6.07) is 14.1. The standard InChI is InChI=1S/C16H10BrNO3/c17-13-8-11(16(19)20)4-6-15(13)21-12-5-3-10-2-1-7-18-14(10)9-12/h1-9H,(H,19,20). The number of halogens is 1. The molecule has 0 aliphatic carbocycles. The molecule has 0 saturated carbocycles. The molecule has 4 nitrogen and oxygen atoms in total. The van der Waals surface area contributed by atoms with Gasteiger partial charge in [-0.3, -0.25) is 4.98 Å². The monoisotopic (exact) mass is 343 g/mol. The molecule has 1 aromatic heterocycles. The first kappa shape index (κ1) is 13.6. The van der Waals surface area contributed by atoms with Gasteiger partial charge in [-0.1, -0.05) is 6.07 Å². The van der Waals surface area contributed by atoms with Crippen LogP contribution in [0.1, 0.15) is 10.4 Å². The Balaban J connectivity index is 1.93. The zero-order valence-corrected chi connectivity index (χ0v) is 12.4. The van der Waals surface area contributed by atoms with Crippen LogP contribution in [0.15, 0.2) is 59.2 Å². The number of hydrogen-bond acceptors (Lipinski definition) is 3. The van der Waals surface area contributed by atoms with Crippen molar-refractivity contribution in [3.63, 3.8) is 0 Å². The van der Waals surface area contributed by atoms with E-state index in [0.717, 1.165) is 10.9 Å². The number of ether oxygens (including phenoxy) is 1. The first-order chi connectivity index (χ1) is 10.1. The van der Waals surface area contributed by atoms with E-state index in [4.69, 9.17) is 9.84 Å². The fourth-order valence-corrected chi connectivity index (χ4v) is 2.41. The third kappa shape index (κ3) is 2.87. The van der Waals surface area contributed by atoms with E-state index in [9.17, 15) is 4.79 Å². The molecule has 21 heavy (non-hydrogen) atoms. The maximum Gasteiger partial charge on any atom is 0.335 e. The van der Waals surface area contributed by atoms with Gasteiger partial charge in [0, 0.05) is 17.6 Å². The van der Waals surface area contributed by atoms with Gasteiger partial charge in [0.15, 0.2) is 0 Å². The van der Waals surface area contributed by atoms with Crippen LogP contribution in [0.25, 0.3) is 10.9 Å². The van der Waals surface area contributed by atoms with Crippen molar-refractivity contribution in [3.8, 4) is 11.5 Å². The summed E-state index contributed by atoms with van der Waals surface area (Å²) < 4.78 is 6.36. The van der Waals surface area contributed by atoms with Crippen LogP contribution in [-0.2, 0) is 0 Å². The number of benzene rings is 2. The lowest BCUT2D eigenvalue weighted by atomic mass is 10.2. The summed E-state index contributed by atoms with van der Waals surface area (Å²) in [5.41, 5.74) is 1.04. The number of rotatable bonds is 3. The van der Waals surface area contributed by atoms with E-state index < -0.39 is 5.97 Å². The fourth-order valence-electron chi connectivity index (χ4n) is 1.95. The van der Waals surface area contributed by atoms with Crippen LogP contribution in [0.4, 0.5) is 0 Å². The van der Waals surface area contributed by atoms with Gasteiger partial charge in [-0.25, -0.2) is 4.79 Å². The minimum Gasteiger partial charge on any atom is -0.478 e. The van der Waals surface area contributed by atoms with Crippen molar-refractivity contribution in [2.45, 2.75) is 0 Å². The third-order valence-electron chi connectivity index (χ3n) is 2.98. The van der Waals surface area contributed by atoms with Crippen molar-refractivity contribution in [1.82, 2.24) is 4.98 Å². The number of pyridine rings is 1. The molecule has 0 fully saturated rings. The second kappa shape index (κ2) is 5.54. The van der Waals surface area contributed by atoms with Gasteiger partial charge in [0.05, 0.1) is 15.6 Å². The smallest absolute Gasteiger partial charge is 0.335 e. The number of nitrogens with zero attached hydrogens (tertiary/aromatic N) is 1. The molecule has 0 saturated heterocycles. The molecule has 2 aromatic carbocycles. The highest BCUT2D eigenvalue weighted by molar-refractivity contribution is 9.10. The molecule has 1 N–H and O–H groups in total. The Morgan fingerprint density at radius 2 is 2.00 bits per heavy atom. The van der Waals surface area contributed by atoms with E-state index in [1.54, 1.807) is 12.3 Å². The number of fused-ring (bicyclic) bond motifs is 1. The van der Waals surface area contributed by atoms with Crippen LogP contribution >= 0.6 is 15.9 Å². The quantitative estimate of drug-likeness (QED) is 0.761. The SMILES string of the molecule is O=C(O)c1ccc(Oc2ccc3cccnc3c2)c(Br)c1. The van der Waals surface area contributed by atoms with E-state index in [2.05, 4.69) is 20.9 Å². The Bertz CT molecular complexity index is 833. The summed E-state index contributed by atoms with van der Waals surface area (Å²) in [5, 5.41) is 9.97. The van der Waals surface area contributed by atoms with E-state index in [-0.39, 0.29) is 5.56 Å². The molecule has 0 aliphatic heterocycles. The molecular weight excluding hydrogens is 334 g/mol. The number of carboxylic acid groups (broad SMARTS) is 1. The molecule has 0 unspecified atom stereocenters. The van der Waals surface area contributed by atoms with Gasteiger partial charge >= 0.3 is 5.97 Å². The van der Waals surface area contributed by atoms with Crippen molar-refractivity contribution in [2.24, 2.45) is 0 Å². The Labute approximate surface area is 129 Å². The zero-order valence-electron chi connectivity index (χ0n) is 10.8. The largest absolute Gasteiger partial charge is 0.478 e. The molecule has 0 bridgehead atoms. The first-order valence-electron chi connectivity index (χ1n) is 6.19. The molecule has 5 heteroatoms. The summed E-state index contributed by atoms with van der Waals surface area (Å²) in [7, 11) is 0. The van der Waals surface area contributed by atoms with E-state index >= 15 is 0 Å². The van der Waals surface area contributed by atoms with Gasteiger partial charge < -0.3 is 9.84 Å². The van der Waals surface area contributed by atoms with Gasteiger partial charge in [-0.2, -0.15) is 0 Å². The maximum absolute atomic E-state index is 10.9. The van der Waals surface area contributed by atoms with E-state index in [1.165, 1.54) is 12.1 Å². The second-order valence-corrected chi connectivity index (χ2v) is 5.26. The molecule has 0 spiro atoms. The van der Waals surface area contributed by atoms with Gasteiger partial charge in [-0.15, -0.1) is 0 Å². The maximum atomic E-state index is 10.9. The summed E-state index contributed by atoms with van der Waals surface area (Å²) >= 11 is 3.32. The number of carboxylic acids is 1. The molecule has 0 aliphatic rings. The molecule has 0 atom stereocenters. The number of aromatic carboxylic acids is 1. The first-order valence-corrected chi connectivity index (χ1v) is 6.98. The van der Waals surface area contributed by atoms with Crippen LogP contribution in [0.3, 0.4) is 0 Å². The predicted molar refractivity (Wildman–Crippen MR) is 82.9 cm³/mol. The number of aromatic nitrogens is 1. The van der Waals surface area contributed by atoms with Crippen molar-refractivity contribution >= 4 is 32.8 Å². The average molecular weight is 344 g/mol. The highest BCUT2D eigenvalue weighted by atomic mass is 79.9. The molecule has 3 rings (SSSR count). The van der Waals surface area contributed by atoms with E-state index in [1.807, 2.05) is 30.3 Å². The molecule has 0 amide bonds. The van der Waals surface area contributed by atoms with Crippen LogP contribution in [0.5, 0.6) is 11.5 Å². The lowest BCUT2D eigenvalue weighted by molar-refractivity contribution is 0.0697. The predicted octanol–water partition coefficient (Wildman–Crippen LogP) is 4.49. The summed E-state index contributed by atoms with van der Waals surface area (Å²) in [6.45, 7) is 0. The topological polar surface area (TPSA) is 59.4 Å². The summed E-state index contributed by atoms with van der Waals surface area (Å²) in [6.07, 6.45) is 1.73. The van der Waals surface area contributed by atoms with Crippen molar-refractivity contribution in [1.29, 1.82) is 0 Å². The van der Waals surface area contributed by atoms with Gasteiger partial charge in [-0.05, 0) is 52.3 Å². The van der Waals surface area contributed by atoms with Gasteiger partial charge in [0.1, 0.15) is 11.5 Å². The second-order valence-electron chi connectivity index (χ2n) is 4.41. The van der Waals surface area contributed by atoms with Gasteiger partial charge in [0.2, 0.25) is 0 Å². The minimum atomic E-state index is -0.975. The highest BCUT2D eigenvalue weighted by Gasteiger charge is 2.08. The van der Waals surface area contributed by atoms with Crippen LogP contribution in [0, 0.1) is 0 Å². The summed E-state index contributed by atoms with van der Waals surface area (Å²) in [4.78, 5) is 15.2. The zero-order chi connectivity index (χ0) is 14.8. The Morgan fingerprint density at radius 1 is 1.14 bits per heavy atom. The molecule has 104 valence electrons. The molecular formula is C16H10BrNO3. The van der Waals surface area contributed by atoms with Crippen LogP contribution in [0.2, 0.25) is 0 Å². The van der Waals surface area contributed by atoms with E-state index in [0.29, 0.717) is 16.0 Å². The Hall–Kier alpha value is -2.40. The minimum absolute atomic E-state index is 0.203. The normalized spacial score (nSPS) is 10.5. The molecule has 0 radical (unpaired) electrons. The average Bonchev–Trinajstić information content (AvgIpc) is 2.49. The lowest BCUT2D eigenvalue weighted by Crippen LogP contribution is -1.96. The highest BCUT2D eigenvalue weighted by Crippen LogP contribution is 2.31. The summed E-state index contributed by atoms with van der Waals surface area (Å²) in [5.74, 6) is 0.220. The van der Waals surface area contributed by atoms with Crippen molar-refractivity contribution in [2.75, 3.05) is 0 Å². The lowest BCUT2D eigenvalue weighted by Gasteiger charge is -2.09. The number of carbonyl (C=O) groups is 1. The van der Waals surface area contributed by atoms with Crippen LogP contribution < -0.4 is 4.74 Å². The van der Waals surface area contributed by atoms with Crippen molar-refractivity contribution in [3.05, 3.63) is 64.8 Å². The molecule has 1 heterocycles. The molecule has 3 aromatic rings. The Morgan fingerprint density at radius 3 is 2.76 bits per heavy atom. The fraction of sp³-hybridized carbons (Fsp3) is 0. The Kier molecular flexibility index (Phi) is 3.58. The number of hydrogen-bond donors (Lipinski definition) is 1. The van der Waals surface area contributed by atoms with Gasteiger partial charge in [0.25, 0.3) is 0 Å². The van der Waals surface area contributed by atoms with Crippen LogP contribution in [-0.4, -0.2) is 16.1 Å².